The maximum atomic E-state index is 10.9. The van der Waals surface area contributed by atoms with Crippen molar-refractivity contribution >= 4 is 11.5 Å². The van der Waals surface area contributed by atoms with Crippen molar-refractivity contribution in [1.82, 2.24) is 0 Å². The van der Waals surface area contributed by atoms with Crippen LogP contribution >= 0.6 is 0 Å². The number of amides is 1. The summed E-state index contributed by atoms with van der Waals surface area (Å²) in [5, 5.41) is 0. The van der Waals surface area contributed by atoms with Gasteiger partial charge in [0, 0.05) is 5.92 Å². The Labute approximate surface area is 90.8 Å². The maximum absolute atomic E-state index is 10.9. The third-order valence-corrected chi connectivity index (χ3v) is 2.56. The number of allylic oxidation sites excluding steroid dienone is 1. The van der Waals surface area contributed by atoms with E-state index >= 15 is 0 Å². The highest BCUT2D eigenvalue weighted by Crippen LogP contribution is 2.23. The summed E-state index contributed by atoms with van der Waals surface area (Å²) in [4.78, 5) is 10.9. The van der Waals surface area contributed by atoms with Crippen molar-refractivity contribution < 1.29 is 4.79 Å². The highest BCUT2D eigenvalue weighted by atomic mass is 16.1. The Hall–Kier alpha value is -1.57. The zero-order valence-corrected chi connectivity index (χ0v) is 9.29. The van der Waals surface area contributed by atoms with Crippen molar-refractivity contribution in [1.29, 1.82) is 0 Å². The van der Waals surface area contributed by atoms with Crippen LogP contribution in [0.1, 0.15) is 24.5 Å². The molecule has 0 radical (unpaired) electrons. The van der Waals surface area contributed by atoms with Crippen LogP contribution in [0.3, 0.4) is 0 Å². The Bertz CT molecular complexity index is 382. The lowest BCUT2D eigenvalue weighted by Gasteiger charge is -2.12. The summed E-state index contributed by atoms with van der Waals surface area (Å²) in [6, 6.07) is 8.02. The fraction of sp³-hybridized carbons (Fsp3) is 0.308. The fourth-order valence-corrected chi connectivity index (χ4v) is 1.55. The van der Waals surface area contributed by atoms with Crippen molar-refractivity contribution in [3.63, 3.8) is 0 Å². The highest BCUT2D eigenvalue weighted by Gasteiger charge is 2.12. The topological polar surface area (TPSA) is 43.1 Å². The van der Waals surface area contributed by atoms with E-state index in [1.165, 1.54) is 5.56 Å². The second-order valence-corrected chi connectivity index (χ2v) is 3.93. The molecule has 15 heavy (non-hydrogen) atoms. The molecule has 1 amide bonds. The number of aryl methyl sites for hydroxylation is 1. The summed E-state index contributed by atoms with van der Waals surface area (Å²) in [6.45, 7) is 7.86. The van der Waals surface area contributed by atoms with Crippen LogP contribution in [0, 0.1) is 12.8 Å². The first-order valence-electron chi connectivity index (χ1n) is 5.05. The molecular formula is C13H17NO. The van der Waals surface area contributed by atoms with Crippen molar-refractivity contribution in [3.05, 3.63) is 42.0 Å². The first kappa shape index (κ1) is 11.5. The minimum atomic E-state index is -0.273. The number of benzene rings is 1. The van der Waals surface area contributed by atoms with E-state index < -0.39 is 0 Å². The molecule has 0 heterocycles. The summed E-state index contributed by atoms with van der Waals surface area (Å²) in [6.07, 6.45) is 0.625. The molecule has 0 bridgehead atoms. The van der Waals surface area contributed by atoms with E-state index in [1.807, 2.05) is 38.1 Å². The second-order valence-electron chi connectivity index (χ2n) is 3.93. The molecule has 0 spiro atoms. The van der Waals surface area contributed by atoms with Crippen molar-refractivity contribution in [2.24, 2.45) is 11.7 Å². The standard InChI is InChI=1S/C13H17NO/c1-9-6-4-5-7-12(9)10(2)8-11(3)13(14)15/h4-7,11H,2,8H2,1,3H3,(H2,14,15). The minimum Gasteiger partial charge on any atom is -0.369 e. The molecule has 0 aliphatic heterocycles. The van der Waals surface area contributed by atoms with Gasteiger partial charge >= 0.3 is 0 Å². The highest BCUT2D eigenvalue weighted by molar-refractivity contribution is 5.79. The van der Waals surface area contributed by atoms with Crippen LogP contribution in [0.15, 0.2) is 30.8 Å². The van der Waals surface area contributed by atoms with E-state index in [1.54, 1.807) is 0 Å². The van der Waals surface area contributed by atoms with E-state index in [0.29, 0.717) is 6.42 Å². The number of hydrogen-bond donors (Lipinski definition) is 1. The van der Waals surface area contributed by atoms with Gasteiger partial charge in [-0.05, 0) is 30.0 Å². The molecule has 0 aliphatic rings. The lowest BCUT2D eigenvalue weighted by molar-refractivity contribution is -0.121. The van der Waals surface area contributed by atoms with Crippen LogP contribution in [-0.2, 0) is 4.79 Å². The average molecular weight is 203 g/mol. The summed E-state index contributed by atoms with van der Waals surface area (Å²) in [5.41, 5.74) is 8.49. The van der Waals surface area contributed by atoms with Gasteiger partial charge in [0.05, 0.1) is 0 Å². The average Bonchev–Trinajstić information content (AvgIpc) is 2.18. The number of rotatable bonds is 4. The van der Waals surface area contributed by atoms with Crippen LogP contribution in [0.2, 0.25) is 0 Å². The maximum Gasteiger partial charge on any atom is 0.220 e. The number of carbonyl (C=O) groups excluding carboxylic acids is 1. The summed E-state index contributed by atoms with van der Waals surface area (Å²) in [5.74, 6) is -0.429. The van der Waals surface area contributed by atoms with Gasteiger partial charge in [0.1, 0.15) is 0 Å². The van der Waals surface area contributed by atoms with Gasteiger partial charge < -0.3 is 5.73 Å². The zero-order valence-electron chi connectivity index (χ0n) is 9.29. The molecule has 1 aromatic rings. The Morgan fingerprint density at radius 3 is 2.60 bits per heavy atom. The first-order chi connectivity index (χ1) is 7.02. The van der Waals surface area contributed by atoms with Crippen molar-refractivity contribution in [2.45, 2.75) is 20.3 Å². The number of carbonyl (C=O) groups is 1. The Kier molecular flexibility index (Phi) is 3.67. The lowest BCUT2D eigenvalue weighted by atomic mass is 9.94. The van der Waals surface area contributed by atoms with Gasteiger partial charge in [0.2, 0.25) is 5.91 Å². The normalized spacial score (nSPS) is 12.1. The van der Waals surface area contributed by atoms with Gasteiger partial charge in [0.25, 0.3) is 0 Å². The lowest BCUT2D eigenvalue weighted by Crippen LogP contribution is -2.20. The molecule has 2 nitrogen and oxygen atoms in total. The molecule has 0 fully saturated rings. The summed E-state index contributed by atoms with van der Waals surface area (Å²) < 4.78 is 0. The third-order valence-electron chi connectivity index (χ3n) is 2.56. The van der Waals surface area contributed by atoms with E-state index in [4.69, 9.17) is 5.73 Å². The largest absolute Gasteiger partial charge is 0.369 e. The Morgan fingerprint density at radius 1 is 1.47 bits per heavy atom. The molecule has 2 heteroatoms. The molecule has 1 atom stereocenters. The monoisotopic (exact) mass is 203 g/mol. The van der Waals surface area contributed by atoms with Crippen molar-refractivity contribution in [2.75, 3.05) is 0 Å². The van der Waals surface area contributed by atoms with E-state index in [-0.39, 0.29) is 11.8 Å². The zero-order chi connectivity index (χ0) is 11.4. The Morgan fingerprint density at radius 2 is 2.07 bits per heavy atom. The minimum absolute atomic E-state index is 0.155. The SMILES string of the molecule is C=C(CC(C)C(N)=O)c1ccccc1C. The van der Waals surface area contributed by atoms with Crippen LogP contribution in [0.25, 0.3) is 5.57 Å². The molecular weight excluding hydrogens is 186 g/mol. The first-order valence-corrected chi connectivity index (χ1v) is 5.05. The van der Waals surface area contributed by atoms with Gasteiger partial charge in [-0.15, -0.1) is 0 Å². The van der Waals surface area contributed by atoms with Crippen LogP contribution in [0.4, 0.5) is 0 Å². The Balaban J connectivity index is 2.78. The molecule has 0 saturated heterocycles. The van der Waals surface area contributed by atoms with Crippen LogP contribution < -0.4 is 5.73 Å². The van der Waals surface area contributed by atoms with Gasteiger partial charge in [-0.3, -0.25) is 4.79 Å². The van der Waals surface area contributed by atoms with Gasteiger partial charge in [-0.25, -0.2) is 0 Å². The van der Waals surface area contributed by atoms with Crippen LogP contribution in [0.5, 0.6) is 0 Å². The van der Waals surface area contributed by atoms with E-state index in [2.05, 4.69) is 6.58 Å². The summed E-state index contributed by atoms with van der Waals surface area (Å²) in [7, 11) is 0. The molecule has 80 valence electrons. The van der Waals surface area contributed by atoms with Crippen molar-refractivity contribution in [3.8, 4) is 0 Å². The molecule has 0 aliphatic carbocycles. The molecule has 2 N–H and O–H groups in total. The number of nitrogens with two attached hydrogens (primary N) is 1. The molecule has 0 saturated carbocycles. The predicted octanol–water partition coefficient (Wildman–Crippen LogP) is 2.52. The fourth-order valence-electron chi connectivity index (χ4n) is 1.55. The number of primary amides is 1. The van der Waals surface area contributed by atoms with Gasteiger partial charge in [-0.2, -0.15) is 0 Å². The second kappa shape index (κ2) is 4.78. The van der Waals surface area contributed by atoms with Gasteiger partial charge in [-0.1, -0.05) is 37.8 Å². The quantitative estimate of drug-likeness (QED) is 0.802. The molecule has 1 unspecified atom stereocenters. The van der Waals surface area contributed by atoms with Crippen LogP contribution in [-0.4, -0.2) is 5.91 Å². The molecule has 1 rings (SSSR count). The number of hydrogen-bond acceptors (Lipinski definition) is 1. The van der Waals surface area contributed by atoms with E-state index in [0.717, 1.165) is 11.1 Å². The van der Waals surface area contributed by atoms with Gasteiger partial charge in [0.15, 0.2) is 0 Å². The summed E-state index contributed by atoms with van der Waals surface area (Å²) >= 11 is 0. The molecule has 0 aromatic heterocycles. The smallest absolute Gasteiger partial charge is 0.220 e. The molecule has 1 aromatic carbocycles. The predicted molar refractivity (Wildman–Crippen MR) is 63.2 cm³/mol. The third kappa shape index (κ3) is 2.94. The van der Waals surface area contributed by atoms with E-state index in [9.17, 15) is 4.79 Å².